The molecule has 0 amide bonds. The van der Waals surface area contributed by atoms with Crippen molar-refractivity contribution in [2.45, 2.75) is 0 Å². The summed E-state index contributed by atoms with van der Waals surface area (Å²) in [4.78, 5) is 10.9. The molecule has 1 rings (SSSR count). The molecule has 1 N–H and O–H groups in total. The Balaban J connectivity index is 3.00. The van der Waals surface area contributed by atoms with E-state index in [1.54, 1.807) is 0 Å². The molecular formula is C11H12F2O4. The van der Waals surface area contributed by atoms with Crippen LogP contribution in [0, 0.1) is 0 Å². The first-order chi connectivity index (χ1) is 8.20. The SMILES string of the molecule is O=C(O)c1cccc(OCCF)c1OCCF. The first-order valence-corrected chi connectivity index (χ1v) is 4.94. The second-order valence-corrected chi connectivity index (χ2v) is 3.01. The lowest BCUT2D eigenvalue weighted by Gasteiger charge is -2.13. The number of carboxylic acids is 1. The van der Waals surface area contributed by atoms with Gasteiger partial charge in [-0.2, -0.15) is 0 Å². The Bertz CT molecular complexity index is 382. The third-order valence-electron chi connectivity index (χ3n) is 1.87. The summed E-state index contributed by atoms with van der Waals surface area (Å²) in [5, 5.41) is 8.91. The second-order valence-electron chi connectivity index (χ2n) is 3.01. The van der Waals surface area contributed by atoms with E-state index in [1.165, 1.54) is 18.2 Å². The number of benzene rings is 1. The Labute approximate surface area is 96.8 Å². The van der Waals surface area contributed by atoms with Gasteiger partial charge in [0.1, 0.15) is 32.1 Å². The number of carboxylic acid groups (broad SMARTS) is 1. The van der Waals surface area contributed by atoms with Gasteiger partial charge in [-0.25, -0.2) is 13.6 Å². The number of rotatable bonds is 7. The van der Waals surface area contributed by atoms with Gasteiger partial charge in [0.15, 0.2) is 11.5 Å². The fourth-order valence-electron chi connectivity index (χ4n) is 1.24. The van der Waals surface area contributed by atoms with Gasteiger partial charge in [-0.05, 0) is 12.1 Å². The van der Waals surface area contributed by atoms with E-state index in [2.05, 4.69) is 0 Å². The van der Waals surface area contributed by atoms with E-state index >= 15 is 0 Å². The van der Waals surface area contributed by atoms with Gasteiger partial charge in [-0.15, -0.1) is 0 Å². The molecular weight excluding hydrogens is 234 g/mol. The Hall–Kier alpha value is -1.85. The summed E-state index contributed by atoms with van der Waals surface area (Å²) in [6, 6.07) is 4.19. The maximum absolute atomic E-state index is 12.0. The van der Waals surface area contributed by atoms with Crippen LogP contribution in [0.3, 0.4) is 0 Å². The van der Waals surface area contributed by atoms with Gasteiger partial charge < -0.3 is 14.6 Å². The van der Waals surface area contributed by atoms with Crippen molar-refractivity contribution < 1.29 is 28.2 Å². The van der Waals surface area contributed by atoms with E-state index in [9.17, 15) is 13.6 Å². The Morgan fingerprint density at radius 3 is 2.41 bits per heavy atom. The van der Waals surface area contributed by atoms with Gasteiger partial charge in [-0.3, -0.25) is 0 Å². The monoisotopic (exact) mass is 246 g/mol. The first-order valence-electron chi connectivity index (χ1n) is 4.94. The van der Waals surface area contributed by atoms with Crippen LogP contribution in [-0.2, 0) is 0 Å². The van der Waals surface area contributed by atoms with Crippen molar-refractivity contribution >= 4 is 5.97 Å². The lowest BCUT2D eigenvalue weighted by molar-refractivity contribution is 0.0690. The van der Waals surface area contributed by atoms with Crippen LogP contribution in [0.2, 0.25) is 0 Å². The minimum absolute atomic E-state index is 0.0777. The molecule has 1 aromatic carbocycles. The van der Waals surface area contributed by atoms with Crippen molar-refractivity contribution in [3.63, 3.8) is 0 Å². The highest BCUT2D eigenvalue weighted by molar-refractivity contribution is 5.92. The summed E-state index contributed by atoms with van der Waals surface area (Å²) >= 11 is 0. The maximum Gasteiger partial charge on any atom is 0.339 e. The number of carbonyl (C=O) groups is 1. The zero-order chi connectivity index (χ0) is 12.7. The number of ether oxygens (including phenoxy) is 2. The number of para-hydroxylation sites is 1. The summed E-state index contributed by atoms with van der Waals surface area (Å²) in [7, 11) is 0. The lowest BCUT2D eigenvalue weighted by Crippen LogP contribution is -2.08. The largest absolute Gasteiger partial charge is 0.487 e. The highest BCUT2D eigenvalue weighted by Gasteiger charge is 2.16. The summed E-state index contributed by atoms with van der Waals surface area (Å²) in [6.45, 7) is -1.96. The van der Waals surface area contributed by atoms with Crippen molar-refractivity contribution in [2.24, 2.45) is 0 Å². The summed E-state index contributed by atoms with van der Waals surface area (Å²) in [5.41, 5.74) is -0.144. The van der Waals surface area contributed by atoms with Crippen LogP contribution in [0.1, 0.15) is 10.4 Å². The second kappa shape index (κ2) is 6.67. The molecule has 0 spiro atoms. The van der Waals surface area contributed by atoms with E-state index in [4.69, 9.17) is 14.6 Å². The molecule has 17 heavy (non-hydrogen) atoms. The Morgan fingerprint density at radius 1 is 1.18 bits per heavy atom. The van der Waals surface area contributed by atoms with Crippen LogP contribution in [0.15, 0.2) is 18.2 Å². The van der Waals surface area contributed by atoms with Crippen molar-refractivity contribution in [3.8, 4) is 11.5 Å². The molecule has 0 saturated carbocycles. The quantitative estimate of drug-likeness (QED) is 0.800. The number of hydrogen-bond donors (Lipinski definition) is 1. The van der Waals surface area contributed by atoms with Crippen LogP contribution in [0.25, 0.3) is 0 Å². The first kappa shape index (κ1) is 13.2. The van der Waals surface area contributed by atoms with E-state index < -0.39 is 19.3 Å². The molecule has 94 valence electrons. The predicted molar refractivity (Wildman–Crippen MR) is 56.3 cm³/mol. The molecule has 0 aromatic heterocycles. The molecule has 6 heteroatoms. The van der Waals surface area contributed by atoms with Crippen molar-refractivity contribution in [1.82, 2.24) is 0 Å². The van der Waals surface area contributed by atoms with Gasteiger partial charge >= 0.3 is 5.97 Å². The van der Waals surface area contributed by atoms with E-state index in [0.29, 0.717) is 0 Å². The Morgan fingerprint density at radius 2 is 1.82 bits per heavy atom. The van der Waals surface area contributed by atoms with Crippen LogP contribution in [-0.4, -0.2) is 37.6 Å². The van der Waals surface area contributed by atoms with Crippen molar-refractivity contribution in [2.75, 3.05) is 26.6 Å². The van der Waals surface area contributed by atoms with Crippen LogP contribution in [0.4, 0.5) is 8.78 Å². The molecule has 0 aliphatic carbocycles. The maximum atomic E-state index is 12.0. The summed E-state index contributed by atoms with van der Waals surface area (Å²) in [5.74, 6) is -1.20. The zero-order valence-corrected chi connectivity index (χ0v) is 8.99. The fraction of sp³-hybridized carbons (Fsp3) is 0.364. The molecule has 0 saturated heterocycles. The molecule has 0 unspecified atom stereocenters. The zero-order valence-electron chi connectivity index (χ0n) is 8.99. The Kier molecular flexibility index (Phi) is 5.19. The lowest BCUT2D eigenvalue weighted by atomic mass is 10.2. The third-order valence-corrected chi connectivity index (χ3v) is 1.87. The molecule has 0 aliphatic rings. The molecule has 0 bridgehead atoms. The number of hydrogen-bond acceptors (Lipinski definition) is 3. The average Bonchev–Trinajstić information content (AvgIpc) is 2.33. The fourth-order valence-corrected chi connectivity index (χ4v) is 1.24. The van der Waals surface area contributed by atoms with Crippen molar-refractivity contribution in [3.05, 3.63) is 23.8 Å². The minimum Gasteiger partial charge on any atom is -0.487 e. The molecule has 1 aromatic rings. The highest BCUT2D eigenvalue weighted by atomic mass is 19.1. The molecule has 4 nitrogen and oxygen atoms in total. The van der Waals surface area contributed by atoms with Gasteiger partial charge in [0.05, 0.1) is 0 Å². The number of alkyl halides is 2. The van der Waals surface area contributed by atoms with Gasteiger partial charge in [0.2, 0.25) is 0 Å². The van der Waals surface area contributed by atoms with E-state index in [-0.39, 0.29) is 30.3 Å². The molecule has 0 atom stereocenters. The van der Waals surface area contributed by atoms with Crippen LogP contribution in [0.5, 0.6) is 11.5 Å². The number of halogens is 2. The highest BCUT2D eigenvalue weighted by Crippen LogP contribution is 2.31. The molecule has 0 heterocycles. The standard InChI is InChI=1S/C11H12F2O4/c12-4-6-16-9-3-1-2-8(11(14)15)10(9)17-7-5-13/h1-3H,4-7H2,(H,14,15). The smallest absolute Gasteiger partial charge is 0.339 e. The normalized spacial score (nSPS) is 10.0. The van der Waals surface area contributed by atoms with Gasteiger partial charge in [0, 0.05) is 0 Å². The topological polar surface area (TPSA) is 55.8 Å². The minimum atomic E-state index is -1.22. The number of aromatic carboxylic acids is 1. The van der Waals surface area contributed by atoms with Crippen LogP contribution < -0.4 is 9.47 Å². The van der Waals surface area contributed by atoms with Gasteiger partial charge in [0.25, 0.3) is 0 Å². The average molecular weight is 246 g/mol. The van der Waals surface area contributed by atoms with Crippen LogP contribution >= 0.6 is 0 Å². The van der Waals surface area contributed by atoms with E-state index in [1.807, 2.05) is 0 Å². The van der Waals surface area contributed by atoms with Gasteiger partial charge in [-0.1, -0.05) is 6.07 Å². The molecule has 0 aliphatic heterocycles. The molecule has 0 fully saturated rings. The predicted octanol–water partition coefficient (Wildman–Crippen LogP) is 2.08. The van der Waals surface area contributed by atoms with Crippen molar-refractivity contribution in [1.29, 1.82) is 0 Å². The summed E-state index contributed by atoms with van der Waals surface area (Å²) < 4.78 is 34.0. The molecule has 0 radical (unpaired) electrons. The summed E-state index contributed by atoms with van der Waals surface area (Å²) in [6.07, 6.45) is 0. The third kappa shape index (κ3) is 3.58. The van der Waals surface area contributed by atoms with E-state index in [0.717, 1.165) is 0 Å².